The number of para-hydroxylation sites is 1. The van der Waals surface area contributed by atoms with E-state index in [1.807, 2.05) is 25.2 Å². The number of hydrogen-bond acceptors (Lipinski definition) is 4. The van der Waals surface area contributed by atoms with Crippen molar-refractivity contribution in [3.63, 3.8) is 0 Å². The van der Waals surface area contributed by atoms with Gasteiger partial charge in [0.1, 0.15) is 0 Å². The lowest BCUT2D eigenvalue weighted by Crippen LogP contribution is -2.49. The van der Waals surface area contributed by atoms with E-state index in [2.05, 4.69) is 16.5 Å². The van der Waals surface area contributed by atoms with Gasteiger partial charge in [-0.05, 0) is 11.6 Å². The van der Waals surface area contributed by atoms with Gasteiger partial charge in [0, 0.05) is 32.2 Å². The first-order valence-electron chi connectivity index (χ1n) is 6.70. The Balaban J connectivity index is 1.81. The molecule has 0 spiro atoms. The number of carbonyl (C=O) groups excluding carboxylic acids is 1. The van der Waals surface area contributed by atoms with Crippen LogP contribution in [0.5, 0.6) is 0 Å². The summed E-state index contributed by atoms with van der Waals surface area (Å²) in [5.74, 6) is 0.157. The molecule has 1 atom stereocenters. The molecule has 3 rings (SSSR count). The van der Waals surface area contributed by atoms with E-state index >= 15 is 0 Å². The molecule has 1 unspecified atom stereocenters. The average Bonchev–Trinajstić information content (AvgIpc) is 2.46. The van der Waals surface area contributed by atoms with E-state index in [-0.39, 0.29) is 11.9 Å². The number of ether oxygens (including phenoxy) is 1. The first kappa shape index (κ1) is 12.6. The number of hydrogen-bond donors (Lipinski definition) is 1. The molecule has 0 aliphatic carbocycles. The number of benzene rings is 1. The van der Waals surface area contributed by atoms with Crippen molar-refractivity contribution in [2.45, 2.75) is 12.5 Å². The minimum absolute atomic E-state index is 0.0676. The fraction of sp³-hybridized carbons (Fsp3) is 0.500. The molecule has 0 saturated carbocycles. The molecular formula is C14H19N3O2. The maximum absolute atomic E-state index is 12.1. The number of fused-ring (bicyclic) bond motifs is 1. The number of nitrogens with one attached hydrogen (secondary N) is 1. The van der Waals surface area contributed by atoms with Gasteiger partial charge in [0.2, 0.25) is 5.91 Å². The molecule has 0 bridgehead atoms. The topological polar surface area (TPSA) is 44.8 Å². The third kappa shape index (κ3) is 2.49. The minimum atomic E-state index is 0.0676. The summed E-state index contributed by atoms with van der Waals surface area (Å²) in [6.45, 7) is 3.22. The Morgan fingerprint density at radius 3 is 2.79 bits per heavy atom. The number of carbonyl (C=O) groups is 1. The molecule has 2 heterocycles. The Morgan fingerprint density at radius 1 is 1.26 bits per heavy atom. The van der Waals surface area contributed by atoms with Gasteiger partial charge in [-0.1, -0.05) is 18.2 Å². The van der Waals surface area contributed by atoms with E-state index in [0.717, 1.165) is 32.0 Å². The zero-order valence-electron chi connectivity index (χ0n) is 11.1. The molecule has 1 aromatic carbocycles. The van der Waals surface area contributed by atoms with Crippen molar-refractivity contribution in [3.05, 3.63) is 29.8 Å². The van der Waals surface area contributed by atoms with E-state index in [4.69, 9.17) is 4.74 Å². The highest BCUT2D eigenvalue weighted by Gasteiger charge is 2.30. The van der Waals surface area contributed by atoms with Crippen molar-refractivity contribution in [1.82, 2.24) is 10.4 Å². The fourth-order valence-electron chi connectivity index (χ4n) is 2.67. The molecule has 0 aromatic heterocycles. The summed E-state index contributed by atoms with van der Waals surface area (Å²) in [4.78, 5) is 13.8. The summed E-state index contributed by atoms with van der Waals surface area (Å²) >= 11 is 0. The van der Waals surface area contributed by atoms with Gasteiger partial charge in [-0.3, -0.25) is 4.79 Å². The summed E-state index contributed by atoms with van der Waals surface area (Å²) < 4.78 is 5.34. The van der Waals surface area contributed by atoms with Gasteiger partial charge < -0.3 is 9.64 Å². The van der Waals surface area contributed by atoms with Crippen LogP contribution in [0, 0.1) is 0 Å². The smallest absolute Gasteiger partial charge is 0.228 e. The molecular weight excluding hydrogens is 242 g/mol. The lowest BCUT2D eigenvalue weighted by molar-refractivity contribution is -0.119. The van der Waals surface area contributed by atoms with Crippen LogP contribution >= 0.6 is 0 Å². The number of rotatable bonds is 2. The molecule has 2 aliphatic heterocycles. The highest BCUT2D eigenvalue weighted by atomic mass is 16.5. The van der Waals surface area contributed by atoms with Gasteiger partial charge in [0.25, 0.3) is 0 Å². The lowest BCUT2D eigenvalue weighted by Gasteiger charge is -2.36. The summed E-state index contributed by atoms with van der Waals surface area (Å²) in [5, 5.41) is 2.16. The number of hydrazine groups is 1. The highest BCUT2D eigenvalue weighted by molar-refractivity contribution is 5.96. The number of nitrogens with zero attached hydrogens (tertiary/aromatic N) is 2. The van der Waals surface area contributed by atoms with Crippen molar-refractivity contribution >= 4 is 11.6 Å². The molecule has 5 nitrogen and oxygen atoms in total. The first-order chi connectivity index (χ1) is 9.25. The van der Waals surface area contributed by atoms with Crippen LogP contribution in [-0.4, -0.2) is 44.3 Å². The van der Waals surface area contributed by atoms with Gasteiger partial charge in [-0.2, -0.15) is 0 Å². The van der Waals surface area contributed by atoms with Crippen LogP contribution in [0.3, 0.4) is 0 Å². The van der Waals surface area contributed by atoms with Gasteiger partial charge in [-0.25, -0.2) is 10.4 Å². The Bertz CT molecular complexity index is 472. The molecule has 102 valence electrons. The summed E-state index contributed by atoms with van der Waals surface area (Å²) in [6, 6.07) is 8.16. The van der Waals surface area contributed by atoms with Crippen LogP contribution in [0.2, 0.25) is 0 Å². The number of amides is 1. The number of anilines is 1. The maximum atomic E-state index is 12.1. The minimum Gasteiger partial charge on any atom is -0.379 e. The quantitative estimate of drug-likeness (QED) is 0.860. The maximum Gasteiger partial charge on any atom is 0.228 e. The molecule has 19 heavy (non-hydrogen) atoms. The van der Waals surface area contributed by atoms with Crippen LogP contribution in [0.4, 0.5) is 5.69 Å². The Labute approximate surface area is 113 Å². The second kappa shape index (κ2) is 5.28. The monoisotopic (exact) mass is 261 g/mol. The van der Waals surface area contributed by atoms with Crippen molar-refractivity contribution in [3.8, 4) is 0 Å². The molecule has 1 fully saturated rings. The summed E-state index contributed by atoms with van der Waals surface area (Å²) in [7, 11) is 1.84. The summed E-state index contributed by atoms with van der Waals surface area (Å²) in [5.41, 5.74) is 5.67. The SMILES string of the molecule is CN1C(=O)CC(NN2CCOCC2)c2ccccc21. The Morgan fingerprint density at radius 2 is 2.00 bits per heavy atom. The van der Waals surface area contributed by atoms with Gasteiger partial charge in [-0.15, -0.1) is 0 Å². The molecule has 1 saturated heterocycles. The zero-order valence-corrected chi connectivity index (χ0v) is 11.1. The molecule has 0 radical (unpaired) electrons. The van der Waals surface area contributed by atoms with Crippen LogP contribution < -0.4 is 10.3 Å². The Hall–Kier alpha value is -1.43. The van der Waals surface area contributed by atoms with Crippen LogP contribution in [0.1, 0.15) is 18.0 Å². The largest absolute Gasteiger partial charge is 0.379 e. The van der Waals surface area contributed by atoms with E-state index < -0.39 is 0 Å². The van der Waals surface area contributed by atoms with Crippen molar-refractivity contribution in [1.29, 1.82) is 0 Å². The third-order valence-corrected chi connectivity index (χ3v) is 3.78. The van der Waals surface area contributed by atoms with Gasteiger partial charge >= 0.3 is 0 Å². The molecule has 1 amide bonds. The van der Waals surface area contributed by atoms with Crippen molar-refractivity contribution < 1.29 is 9.53 Å². The molecule has 1 aromatic rings. The predicted octanol–water partition coefficient (Wildman–Crippen LogP) is 0.931. The first-order valence-corrected chi connectivity index (χ1v) is 6.70. The predicted molar refractivity (Wildman–Crippen MR) is 72.7 cm³/mol. The number of morpholine rings is 1. The highest BCUT2D eigenvalue weighted by Crippen LogP contribution is 2.33. The van der Waals surface area contributed by atoms with Crippen molar-refractivity contribution in [2.75, 3.05) is 38.3 Å². The second-order valence-electron chi connectivity index (χ2n) is 5.00. The van der Waals surface area contributed by atoms with Crippen LogP contribution in [0.25, 0.3) is 0 Å². The summed E-state index contributed by atoms with van der Waals surface area (Å²) in [6.07, 6.45) is 0.505. The Kier molecular flexibility index (Phi) is 3.50. The van der Waals surface area contributed by atoms with Gasteiger partial charge in [0.15, 0.2) is 0 Å². The van der Waals surface area contributed by atoms with E-state index in [0.29, 0.717) is 6.42 Å². The molecule has 5 heteroatoms. The van der Waals surface area contributed by atoms with Gasteiger partial charge in [0.05, 0.1) is 19.3 Å². The normalized spacial score (nSPS) is 24.4. The standard InChI is InChI=1S/C14H19N3O2/c1-16-13-5-3-2-4-11(13)12(10-14(16)18)15-17-6-8-19-9-7-17/h2-5,12,15H,6-10H2,1H3. The lowest BCUT2D eigenvalue weighted by atomic mass is 9.97. The second-order valence-corrected chi connectivity index (χ2v) is 5.00. The van der Waals surface area contributed by atoms with E-state index in [1.54, 1.807) is 4.90 Å². The third-order valence-electron chi connectivity index (χ3n) is 3.78. The van der Waals surface area contributed by atoms with E-state index in [9.17, 15) is 4.79 Å². The fourth-order valence-corrected chi connectivity index (χ4v) is 2.67. The molecule has 1 N–H and O–H groups in total. The molecule has 2 aliphatic rings. The van der Waals surface area contributed by atoms with Crippen LogP contribution in [-0.2, 0) is 9.53 Å². The van der Waals surface area contributed by atoms with Crippen LogP contribution in [0.15, 0.2) is 24.3 Å². The van der Waals surface area contributed by atoms with Crippen molar-refractivity contribution in [2.24, 2.45) is 0 Å². The average molecular weight is 261 g/mol. The van der Waals surface area contributed by atoms with E-state index in [1.165, 1.54) is 5.56 Å². The zero-order chi connectivity index (χ0) is 13.2.